The van der Waals surface area contributed by atoms with Gasteiger partial charge >= 0.3 is 0 Å². The van der Waals surface area contributed by atoms with Crippen molar-refractivity contribution in [3.63, 3.8) is 0 Å². The van der Waals surface area contributed by atoms with E-state index in [0.717, 1.165) is 79.4 Å². The van der Waals surface area contributed by atoms with Gasteiger partial charge in [0, 0.05) is 37.3 Å². The summed E-state index contributed by atoms with van der Waals surface area (Å²) in [6.07, 6.45) is 34.3. The number of carbonyl (C=O) groups excluding carboxylic acids is 4. The lowest BCUT2D eigenvalue weighted by Crippen LogP contribution is -2.32. The monoisotopic (exact) mass is 1250 g/mol. The van der Waals surface area contributed by atoms with E-state index >= 15 is 0 Å². The van der Waals surface area contributed by atoms with Crippen LogP contribution in [0.5, 0.6) is 34.5 Å². The maximum Gasteiger partial charge on any atom is 0.257 e. The van der Waals surface area contributed by atoms with Crippen LogP contribution in [0.2, 0.25) is 0 Å². The molecule has 4 aromatic carbocycles. The molecular formula is C75H117N5O10. The molecule has 0 aliphatic heterocycles. The molecule has 4 aromatic rings. The summed E-state index contributed by atoms with van der Waals surface area (Å²) >= 11 is 0. The molecule has 4 rings (SSSR count). The van der Waals surface area contributed by atoms with Crippen LogP contribution in [0.3, 0.4) is 0 Å². The summed E-state index contributed by atoms with van der Waals surface area (Å²) < 4.78 is 37.0. The first-order valence-corrected chi connectivity index (χ1v) is 35.1. The smallest absolute Gasteiger partial charge is 0.257 e. The third-order valence-corrected chi connectivity index (χ3v) is 16.3. The first kappa shape index (κ1) is 76.0. The quantitative estimate of drug-likeness (QED) is 0.0264. The average Bonchev–Trinajstić information content (AvgIpc) is 1.59. The number of ether oxygens (including phenoxy) is 6. The Balaban J connectivity index is 1.17. The first-order chi connectivity index (χ1) is 44.0. The summed E-state index contributed by atoms with van der Waals surface area (Å²) in [7, 11) is 0. The van der Waals surface area contributed by atoms with Crippen LogP contribution in [0.1, 0.15) is 269 Å². The van der Waals surface area contributed by atoms with E-state index in [9.17, 15) is 19.2 Å². The third-order valence-electron chi connectivity index (χ3n) is 16.3. The molecule has 0 aliphatic carbocycles. The fourth-order valence-electron chi connectivity index (χ4n) is 10.5. The standard InChI is InChI=1S/C75H117N5O10/c1-7-11-15-19-23-27-31-49-85-67-54-63(53-59(5)60(67)6)74(83)79-47-35-45-77-70(81)57-89-65-41-37-61(38-42-65)72(76)62-39-43-66(44-40-62)90-58-71(82)78-46-36-48-80-75(84)64-55-68(86-50-32-28-24-20-16-12-8-2)73(88-52-34-30-26-22-18-14-10-4)69(56-64)87-51-33-29-25-21-17-13-9-3/h37-44,53-56,72H,7-36,45-52,57-58,76H2,1-6H3,(H,77,81)(H,78,82)(H,79,83)(H,80,84). The van der Waals surface area contributed by atoms with E-state index in [0.29, 0.717) is 105 Å². The van der Waals surface area contributed by atoms with Crippen LogP contribution >= 0.6 is 0 Å². The molecule has 1 unspecified atom stereocenters. The molecule has 0 saturated heterocycles. The highest BCUT2D eigenvalue weighted by molar-refractivity contribution is 5.96. The molecule has 90 heavy (non-hydrogen) atoms. The topological polar surface area (TPSA) is 198 Å². The van der Waals surface area contributed by atoms with Crippen molar-refractivity contribution >= 4 is 23.6 Å². The molecule has 15 nitrogen and oxygen atoms in total. The Morgan fingerprint density at radius 2 is 0.678 bits per heavy atom. The minimum Gasteiger partial charge on any atom is -0.493 e. The van der Waals surface area contributed by atoms with Crippen LogP contribution in [0, 0.1) is 13.8 Å². The Hall–Kier alpha value is -6.48. The molecule has 4 amide bonds. The highest BCUT2D eigenvalue weighted by Gasteiger charge is 2.20. The fraction of sp³-hybridized carbons (Fsp3) is 0.627. The van der Waals surface area contributed by atoms with Crippen molar-refractivity contribution in [2.45, 2.75) is 240 Å². The van der Waals surface area contributed by atoms with Crippen molar-refractivity contribution in [3.8, 4) is 34.5 Å². The van der Waals surface area contributed by atoms with E-state index in [1.807, 2.05) is 50.2 Å². The molecule has 0 radical (unpaired) electrons. The second kappa shape index (κ2) is 48.3. The summed E-state index contributed by atoms with van der Waals surface area (Å²) in [5.74, 6) is 2.53. The van der Waals surface area contributed by atoms with Crippen LogP contribution in [-0.4, -0.2) is 89.4 Å². The maximum atomic E-state index is 13.8. The van der Waals surface area contributed by atoms with Gasteiger partial charge in [-0.1, -0.05) is 206 Å². The van der Waals surface area contributed by atoms with Crippen molar-refractivity contribution in [3.05, 3.63) is 106 Å². The normalized spacial score (nSPS) is 11.4. The highest BCUT2D eigenvalue weighted by atomic mass is 16.5. The summed E-state index contributed by atoms with van der Waals surface area (Å²) in [5, 5.41) is 11.7. The molecule has 502 valence electrons. The number of hydrogen-bond donors (Lipinski definition) is 5. The summed E-state index contributed by atoms with van der Waals surface area (Å²) in [6, 6.07) is 21.4. The lowest BCUT2D eigenvalue weighted by Gasteiger charge is -2.19. The van der Waals surface area contributed by atoms with E-state index in [1.165, 1.54) is 128 Å². The van der Waals surface area contributed by atoms with Crippen LogP contribution in [0.15, 0.2) is 72.8 Å². The number of benzene rings is 4. The number of unbranched alkanes of at least 4 members (excludes halogenated alkanes) is 24. The van der Waals surface area contributed by atoms with Gasteiger partial charge in [-0.25, -0.2) is 0 Å². The molecule has 0 aromatic heterocycles. The van der Waals surface area contributed by atoms with E-state index < -0.39 is 6.04 Å². The molecular weight excluding hydrogens is 1130 g/mol. The van der Waals surface area contributed by atoms with Crippen molar-refractivity contribution < 1.29 is 47.6 Å². The van der Waals surface area contributed by atoms with Crippen LogP contribution in [0.25, 0.3) is 0 Å². The molecule has 0 bridgehead atoms. The molecule has 0 heterocycles. The lowest BCUT2D eigenvalue weighted by atomic mass is 9.99. The maximum absolute atomic E-state index is 13.8. The number of nitrogens with two attached hydrogens (primary N) is 1. The predicted molar refractivity (Wildman–Crippen MR) is 366 cm³/mol. The fourth-order valence-corrected chi connectivity index (χ4v) is 10.5. The van der Waals surface area contributed by atoms with Gasteiger partial charge < -0.3 is 55.4 Å². The second-order valence-corrected chi connectivity index (χ2v) is 24.2. The Morgan fingerprint density at radius 3 is 1.06 bits per heavy atom. The molecule has 15 heteroatoms. The average molecular weight is 1250 g/mol. The van der Waals surface area contributed by atoms with Gasteiger partial charge in [0.05, 0.1) is 32.5 Å². The lowest BCUT2D eigenvalue weighted by molar-refractivity contribution is -0.123. The number of carbonyl (C=O) groups is 4. The van der Waals surface area contributed by atoms with E-state index in [4.69, 9.17) is 34.2 Å². The molecule has 0 spiro atoms. The van der Waals surface area contributed by atoms with Gasteiger partial charge in [-0.05, 0) is 123 Å². The second-order valence-electron chi connectivity index (χ2n) is 24.2. The largest absolute Gasteiger partial charge is 0.493 e. The van der Waals surface area contributed by atoms with Crippen molar-refractivity contribution in [2.24, 2.45) is 5.73 Å². The number of rotatable bonds is 54. The third kappa shape index (κ3) is 32.5. The van der Waals surface area contributed by atoms with Crippen molar-refractivity contribution in [1.82, 2.24) is 21.3 Å². The van der Waals surface area contributed by atoms with E-state index in [1.54, 1.807) is 36.4 Å². The van der Waals surface area contributed by atoms with Gasteiger partial charge in [0.15, 0.2) is 24.7 Å². The van der Waals surface area contributed by atoms with Crippen molar-refractivity contribution in [1.29, 1.82) is 0 Å². The first-order valence-electron chi connectivity index (χ1n) is 35.1. The Kier molecular flexibility index (Phi) is 40.8. The molecule has 6 N–H and O–H groups in total. The van der Waals surface area contributed by atoms with Gasteiger partial charge in [-0.15, -0.1) is 0 Å². The molecule has 0 aliphatic rings. The van der Waals surface area contributed by atoms with Crippen LogP contribution in [-0.2, 0) is 9.59 Å². The molecule has 0 fully saturated rings. The van der Waals surface area contributed by atoms with Crippen molar-refractivity contribution in [2.75, 3.05) is 65.8 Å². The number of aryl methyl sites for hydroxylation is 1. The minimum atomic E-state index is -0.436. The number of amides is 4. The summed E-state index contributed by atoms with van der Waals surface area (Å²) in [6.45, 7) is 16.4. The predicted octanol–water partition coefficient (Wildman–Crippen LogP) is 16.5. The zero-order valence-corrected chi connectivity index (χ0v) is 56.4. The summed E-state index contributed by atoms with van der Waals surface area (Å²) in [5.41, 5.74) is 11.4. The Morgan fingerprint density at radius 1 is 0.367 bits per heavy atom. The highest BCUT2D eigenvalue weighted by Crippen LogP contribution is 2.40. The minimum absolute atomic E-state index is 0.154. The number of hydrogen-bond acceptors (Lipinski definition) is 11. The molecule has 0 saturated carbocycles. The zero-order chi connectivity index (χ0) is 64.7. The SMILES string of the molecule is CCCCCCCCCOc1cc(C(=O)NCCCNC(=O)COc2ccc(C(N)c3ccc(OCC(=O)NCCCNC(=O)c4cc(OCCCCCCCCC)c(OCCCCCCCCC)c(OCCCCCCCCC)c4)cc3)cc2)cc(C)c1C. The van der Waals surface area contributed by atoms with E-state index in [-0.39, 0.29) is 36.8 Å². The number of nitrogens with one attached hydrogen (secondary N) is 4. The van der Waals surface area contributed by atoms with Crippen LogP contribution in [0.4, 0.5) is 0 Å². The van der Waals surface area contributed by atoms with Gasteiger partial charge in [-0.3, -0.25) is 19.2 Å². The molecule has 1 atom stereocenters. The van der Waals surface area contributed by atoms with Gasteiger partial charge in [-0.2, -0.15) is 0 Å². The van der Waals surface area contributed by atoms with E-state index in [2.05, 4.69) is 49.0 Å². The summed E-state index contributed by atoms with van der Waals surface area (Å²) in [4.78, 5) is 52.2. The van der Waals surface area contributed by atoms with Crippen LogP contribution < -0.4 is 55.4 Å². The van der Waals surface area contributed by atoms with Gasteiger partial charge in [0.2, 0.25) is 5.75 Å². The van der Waals surface area contributed by atoms with Gasteiger partial charge in [0.25, 0.3) is 23.6 Å². The Bertz CT molecular complexity index is 2530. The Labute approximate surface area is 542 Å². The van der Waals surface area contributed by atoms with Gasteiger partial charge in [0.1, 0.15) is 17.2 Å². The zero-order valence-electron chi connectivity index (χ0n) is 56.4.